The number of carbonyl (C=O) groups excluding carboxylic acids is 3. The molecule has 26 heavy (non-hydrogen) atoms. The number of para-hydroxylation sites is 1. The van der Waals surface area contributed by atoms with Crippen LogP contribution in [0.15, 0.2) is 30.5 Å². The highest BCUT2D eigenvalue weighted by Gasteiger charge is 2.32. The lowest BCUT2D eigenvalue weighted by molar-refractivity contribution is -0.149. The van der Waals surface area contributed by atoms with E-state index in [0.29, 0.717) is 0 Å². The Morgan fingerprint density at radius 3 is 2.38 bits per heavy atom. The third-order valence-electron chi connectivity index (χ3n) is 3.99. The van der Waals surface area contributed by atoms with E-state index in [1.807, 2.05) is 24.3 Å². The molecule has 0 saturated carbocycles. The van der Waals surface area contributed by atoms with Gasteiger partial charge in [0.25, 0.3) is 0 Å². The minimum Gasteiger partial charge on any atom is -0.466 e. The fourth-order valence-corrected chi connectivity index (χ4v) is 2.91. The number of nitrogens with one attached hydrogen (secondary N) is 2. The quantitative estimate of drug-likeness (QED) is 0.704. The van der Waals surface area contributed by atoms with Crippen molar-refractivity contribution in [2.45, 2.75) is 39.2 Å². The first-order chi connectivity index (χ1) is 12.5. The van der Waals surface area contributed by atoms with Crippen LogP contribution in [0.25, 0.3) is 10.9 Å². The van der Waals surface area contributed by atoms with Crippen molar-refractivity contribution in [2.75, 3.05) is 13.2 Å². The SMILES string of the molecule is CCOC(=O)[C@@H](C[C@@H](NC(C)=O)C(=O)OCC)c1c[nH]c2ccccc12. The van der Waals surface area contributed by atoms with E-state index in [1.165, 1.54) is 6.92 Å². The second-order valence-electron chi connectivity index (χ2n) is 5.84. The van der Waals surface area contributed by atoms with Crippen molar-refractivity contribution in [1.29, 1.82) is 0 Å². The lowest BCUT2D eigenvalue weighted by Crippen LogP contribution is -2.42. The number of H-pyrrole nitrogens is 1. The van der Waals surface area contributed by atoms with Crippen molar-refractivity contribution in [3.05, 3.63) is 36.0 Å². The number of benzene rings is 1. The van der Waals surface area contributed by atoms with E-state index in [0.717, 1.165) is 16.5 Å². The second kappa shape index (κ2) is 9.03. The third kappa shape index (κ3) is 4.62. The maximum absolute atomic E-state index is 12.6. The molecule has 2 atom stereocenters. The van der Waals surface area contributed by atoms with E-state index in [9.17, 15) is 14.4 Å². The Balaban J connectivity index is 2.38. The summed E-state index contributed by atoms with van der Waals surface area (Å²) in [5.41, 5.74) is 1.60. The van der Waals surface area contributed by atoms with Crippen molar-refractivity contribution >= 4 is 28.7 Å². The van der Waals surface area contributed by atoms with Gasteiger partial charge in [-0.1, -0.05) is 18.2 Å². The smallest absolute Gasteiger partial charge is 0.328 e. The molecule has 0 radical (unpaired) electrons. The van der Waals surface area contributed by atoms with Crippen LogP contribution < -0.4 is 5.32 Å². The van der Waals surface area contributed by atoms with E-state index in [1.54, 1.807) is 20.0 Å². The van der Waals surface area contributed by atoms with Crippen molar-refractivity contribution in [1.82, 2.24) is 10.3 Å². The molecule has 1 heterocycles. The van der Waals surface area contributed by atoms with Gasteiger partial charge in [-0.2, -0.15) is 0 Å². The lowest BCUT2D eigenvalue weighted by Gasteiger charge is -2.21. The number of hydrogen-bond donors (Lipinski definition) is 2. The van der Waals surface area contributed by atoms with E-state index in [4.69, 9.17) is 9.47 Å². The molecular weight excluding hydrogens is 336 g/mol. The molecule has 1 aromatic carbocycles. The highest BCUT2D eigenvalue weighted by atomic mass is 16.5. The number of rotatable bonds is 8. The Hall–Kier alpha value is -2.83. The van der Waals surface area contributed by atoms with Gasteiger partial charge in [-0.05, 0) is 31.9 Å². The van der Waals surface area contributed by atoms with E-state index < -0.39 is 23.9 Å². The van der Waals surface area contributed by atoms with Crippen molar-refractivity contribution in [3.63, 3.8) is 0 Å². The molecule has 1 aromatic heterocycles. The molecule has 0 bridgehead atoms. The van der Waals surface area contributed by atoms with Crippen LogP contribution in [-0.2, 0) is 23.9 Å². The summed E-state index contributed by atoms with van der Waals surface area (Å²) in [7, 11) is 0. The average Bonchev–Trinajstić information content (AvgIpc) is 3.02. The molecule has 0 saturated heterocycles. The Kier molecular flexibility index (Phi) is 6.77. The highest BCUT2D eigenvalue weighted by molar-refractivity contribution is 5.91. The van der Waals surface area contributed by atoms with Gasteiger partial charge >= 0.3 is 11.9 Å². The summed E-state index contributed by atoms with van der Waals surface area (Å²) in [6.45, 7) is 5.14. The van der Waals surface area contributed by atoms with Crippen LogP contribution in [0.3, 0.4) is 0 Å². The summed E-state index contributed by atoms with van der Waals surface area (Å²) >= 11 is 0. The molecule has 7 nitrogen and oxygen atoms in total. The maximum atomic E-state index is 12.6. The minimum absolute atomic E-state index is 0.0547. The molecular formula is C19H24N2O5. The van der Waals surface area contributed by atoms with Gasteiger partial charge in [-0.25, -0.2) is 4.79 Å². The summed E-state index contributed by atoms with van der Waals surface area (Å²) in [6, 6.07) is 6.62. The number of aromatic nitrogens is 1. The Morgan fingerprint density at radius 1 is 1.08 bits per heavy atom. The van der Waals surface area contributed by atoms with Crippen LogP contribution in [0, 0.1) is 0 Å². The minimum atomic E-state index is -0.935. The normalized spacial score (nSPS) is 13.0. The van der Waals surface area contributed by atoms with Crippen LogP contribution in [0.1, 0.15) is 38.7 Å². The topological polar surface area (TPSA) is 97.5 Å². The van der Waals surface area contributed by atoms with Crippen LogP contribution >= 0.6 is 0 Å². The van der Waals surface area contributed by atoms with Crippen molar-refractivity contribution < 1.29 is 23.9 Å². The fraction of sp³-hybridized carbons (Fsp3) is 0.421. The Bertz CT molecular complexity index is 783. The molecule has 0 unspecified atom stereocenters. The summed E-state index contributed by atoms with van der Waals surface area (Å²) < 4.78 is 10.2. The maximum Gasteiger partial charge on any atom is 0.328 e. The third-order valence-corrected chi connectivity index (χ3v) is 3.99. The van der Waals surface area contributed by atoms with E-state index in [2.05, 4.69) is 10.3 Å². The van der Waals surface area contributed by atoms with Crippen molar-refractivity contribution in [2.24, 2.45) is 0 Å². The van der Waals surface area contributed by atoms with Gasteiger partial charge in [0, 0.05) is 24.0 Å². The molecule has 0 aliphatic carbocycles. The average molecular weight is 360 g/mol. The molecule has 2 N–H and O–H groups in total. The summed E-state index contributed by atoms with van der Waals surface area (Å²) in [4.78, 5) is 39.4. The zero-order valence-electron chi connectivity index (χ0n) is 15.2. The number of esters is 2. The number of fused-ring (bicyclic) bond motifs is 1. The molecule has 0 spiro atoms. The molecule has 2 aromatic rings. The second-order valence-corrected chi connectivity index (χ2v) is 5.84. The van der Waals surface area contributed by atoms with Gasteiger partial charge in [0.05, 0.1) is 19.1 Å². The molecule has 1 amide bonds. The predicted molar refractivity (Wildman–Crippen MR) is 96.5 cm³/mol. The number of ether oxygens (including phenoxy) is 2. The van der Waals surface area contributed by atoms with Crippen LogP contribution in [-0.4, -0.2) is 42.1 Å². The van der Waals surface area contributed by atoms with E-state index in [-0.39, 0.29) is 25.5 Å². The fourth-order valence-electron chi connectivity index (χ4n) is 2.91. The molecule has 7 heteroatoms. The number of aromatic amines is 1. The molecule has 0 fully saturated rings. The molecule has 0 aliphatic rings. The summed E-state index contributed by atoms with van der Waals surface area (Å²) in [5, 5.41) is 3.44. The first kappa shape index (κ1) is 19.5. The van der Waals surface area contributed by atoms with Gasteiger partial charge < -0.3 is 19.8 Å². The number of carbonyl (C=O) groups is 3. The van der Waals surface area contributed by atoms with E-state index >= 15 is 0 Å². The Morgan fingerprint density at radius 2 is 1.73 bits per heavy atom. The van der Waals surface area contributed by atoms with Gasteiger partial charge in [0.1, 0.15) is 6.04 Å². The zero-order chi connectivity index (χ0) is 19.1. The molecule has 2 rings (SSSR count). The number of hydrogen-bond acceptors (Lipinski definition) is 5. The molecule has 140 valence electrons. The number of amides is 1. The predicted octanol–water partition coefficient (Wildman–Crippen LogP) is 2.27. The van der Waals surface area contributed by atoms with Crippen LogP contribution in [0.2, 0.25) is 0 Å². The standard InChI is InChI=1S/C19H24N2O5/c1-4-25-18(23)14(10-17(21-12(3)22)19(24)26-5-2)15-11-20-16-9-7-6-8-13(15)16/h6-9,11,14,17,20H,4-5,10H2,1-3H3,(H,21,22)/t14-,17+/m0/s1. The van der Waals surface area contributed by atoms with Gasteiger partial charge in [-0.15, -0.1) is 0 Å². The largest absolute Gasteiger partial charge is 0.466 e. The van der Waals surface area contributed by atoms with Crippen molar-refractivity contribution in [3.8, 4) is 0 Å². The van der Waals surface area contributed by atoms with Crippen LogP contribution in [0.4, 0.5) is 0 Å². The lowest BCUT2D eigenvalue weighted by atomic mass is 9.91. The van der Waals surface area contributed by atoms with Gasteiger partial charge in [0.15, 0.2) is 0 Å². The summed E-state index contributed by atoms with van der Waals surface area (Å²) in [6.07, 6.45) is 1.79. The Labute approximate surface area is 152 Å². The zero-order valence-corrected chi connectivity index (χ0v) is 15.2. The molecule has 0 aliphatic heterocycles. The first-order valence-corrected chi connectivity index (χ1v) is 8.64. The highest BCUT2D eigenvalue weighted by Crippen LogP contribution is 2.30. The van der Waals surface area contributed by atoms with Gasteiger partial charge in [-0.3, -0.25) is 9.59 Å². The monoisotopic (exact) mass is 360 g/mol. The summed E-state index contributed by atoms with van der Waals surface area (Å²) in [5.74, 6) is -2.11. The van der Waals surface area contributed by atoms with Gasteiger partial charge in [0.2, 0.25) is 5.91 Å². The van der Waals surface area contributed by atoms with Crippen LogP contribution in [0.5, 0.6) is 0 Å². The first-order valence-electron chi connectivity index (χ1n) is 8.64.